The fraction of sp³-hybridized carbons (Fsp3) is 0.273. The minimum absolute atomic E-state index is 0.521. The van der Waals surface area contributed by atoms with E-state index in [2.05, 4.69) is 10.6 Å². The van der Waals surface area contributed by atoms with Crippen LogP contribution in [0.1, 0.15) is 12.5 Å². The molecular weight excluding hydrogens is 228 g/mol. The first kappa shape index (κ1) is 12.5. The van der Waals surface area contributed by atoms with E-state index in [9.17, 15) is 9.59 Å². The zero-order chi connectivity index (χ0) is 12.1. The standard InChI is InChI=1S/C11H13ClN2O2/c1-7-5-3-4-6-9(7)13-11(16)14-10(15)8(2)12/h3-6,8H,1-2H3,(H2,13,14,15,16). The summed E-state index contributed by atoms with van der Waals surface area (Å²) in [6, 6.07) is 6.70. The van der Waals surface area contributed by atoms with Crippen molar-refractivity contribution in [2.75, 3.05) is 5.32 Å². The number of carbonyl (C=O) groups is 2. The van der Waals surface area contributed by atoms with Gasteiger partial charge in [0.05, 0.1) is 0 Å². The summed E-state index contributed by atoms with van der Waals surface area (Å²) in [6.45, 7) is 3.36. The Hall–Kier alpha value is -1.55. The molecule has 1 aromatic carbocycles. The number of imide groups is 1. The van der Waals surface area contributed by atoms with Gasteiger partial charge in [-0.3, -0.25) is 10.1 Å². The van der Waals surface area contributed by atoms with Crippen LogP contribution in [0.25, 0.3) is 0 Å². The normalized spacial score (nSPS) is 11.7. The highest BCUT2D eigenvalue weighted by molar-refractivity contribution is 6.31. The first-order chi connectivity index (χ1) is 7.50. The second-order valence-corrected chi connectivity index (χ2v) is 4.03. The molecule has 16 heavy (non-hydrogen) atoms. The highest BCUT2D eigenvalue weighted by Crippen LogP contribution is 2.12. The summed E-state index contributed by atoms with van der Waals surface area (Å²) in [5.41, 5.74) is 1.58. The van der Waals surface area contributed by atoms with E-state index in [4.69, 9.17) is 11.6 Å². The molecule has 1 atom stereocenters. The molecule has 5 heteroatoms. The van der Waals surface area contributed by atoms with E-state index < -0.39 is 17.3 Å². The van der Waals surface area contributed by atoms with Crippen LogP contribution in [-0.4, -0.2) is 17.3 Å². The largest absolute Gasteiger partial charge is 0.325 e. The second-order valence-electron chi connectivity index (χ2n) is 3.37. The van der Waals surface area contributed by atoms with Crippen molar-refractivity contribution in [3.05, 3.63) is 29.8 Å². The van der Waals surface area contributed by atoms with Crippen molar-refractivity contribution in [2.45, 2.75) is 19.2 Å². The van der Waals surface area contributed by atoms with Gasteiger partial charge in [-0.05, 0) is 25.5 Å². The van der Waals surface area contributed by atoms with Gasteiger partial charge in [-0.1, -0.05) is 18.2 Å². The van der Waals surface area contributed by atoms with Gasteiger partial charge in [0.1, 0.15) is 5.38 Å². The summed E-state index contributed by atoms with van der Waals surface area (Å²) in [6.07, 6.45) is 0. The number of para-hydroxylation sites is 1. The van der Waals surface area contributed by atoms with Gasteiger partial charge in [0.25, 0.3) is 0 Å². The molecule has 0 heterocycles. The average Bonchev–Trinajstić information content (AvgIpc) is 2.21. The number of rotatable bonds is 2. The van der Waals surface area contributed by atoms with Crippen molar-refractivity contribution in [3.8, 4) is 0 Å². The summed E-state index contributed by atoms with van der Waals surface area (Å²) in [4.78, 5) is 22.5. The lowest BCUT2D eigenvalue weighted by atomic mass is 10.2. The fourth-order valence-electron chi connectivity index (χ4n) is 1.08. The van der Waals surface area contributed by atoms with E-state index in [1.54, 1.807) is 12.1 Å². The zero-order valence-corrected chi connectivity index (χ0v) is 9.84. The number of hydrogen-bond acceptors (Lipinski definition) is 2. The SMILES string of the molecule is Cc1ccccc1NC(=O)NC(=O)C(C)Cl. The first-order valence-electron chi connectivity index (χ1n) is 4.82. The van der Waals surface area contributed by atoms with Crippen LogP contribution in [0.3, 0.4) is 0 Å². The molecule has 0 aliphatic carbocycles. The van der Waals surface area contributed by atoms with Gasteiger partial charge in [-0.25, -0.2) is 4.79 Å². The second kappa shape index (κ2) is 5.51. The molecular formula is C11H13ClN2O2. The molecule has 4 nitrogen and oxygen atoms in total. The summed E-state index contributed by atoms with van der Waals surface area (Å²) in [7, 11) is 0. The molecule has 0 aliphatic heterocycles. The molecule has 0 radical (unpaired) electrons. The fourth-order valence-corrected chi connectivity index (χ4v) is 1.13. The van der Waals surface area contributed by atoms with Gasteiger partial charge in [-0.2, -0.15) is 0 Å². The quantitative estimate of drug-likeness (QED) is 0.779. The molecule has 0 saturated heterocycles. The Labute approximate surface area is 99.0 Å². The Morgan fingerprint density at radius 3 is 2.50 bits per heavy atom. The van der Waals surface area contributed by atoms with E-state index in [0.29, 0.717) is 5.69 Å². The van der Waals surface area contributed by atoms with Crippen LogP contribution in [0.15, 0.2) is 24.3 Å². The molecule has 0 fully saturated rings. The molecule has 0 spiro atoms. The lowest BCUT2D eigenvalue weighted by molar-refractivity contribution is -0.119. The van der Waals surface area contributed by atoms with Crippen molar-refractivity contribution in [1.82, 2.24) is 5.32 Å². The summed E-state index contributed by atoms with van der Waals surface area (Å²) in [5.74, 6) is -0.521. The Morgan fingerprint density at radius 2 is 1.94 bits per heavy atom. The van der Waals surface area contributed by atoms with E-state index in [-0.39, 0.29) is 0 Å². The molecule has 1 rings (SSSR count). The number of alkyl halides is 1. The maximum Gasteiger partial charge on any atom is 0.325 e. The maximum absolute atomic E-state index is 11.4. The molecule has 86 valence electrons. The molecule has 1 unspecified atom stereocenters. The van der Waals surface area contributed by atoms with Crippen molar-refractivity contribution < 1.29 is 9.59 Å². The predicted molar refractivity (Wildman–Crippen MR) is 63.7 cm³/mol. The Kier molecular flexibility index (Phi) is 4.31. The van der Waals surface area contributed by atoms with Crippen molar-refractivity contribution in [3.63, 3.8) is 0 Å². The number of carbonyl (C=O) groups excluding carboxylic acids is 2. The van der Waals surface area contributed by atoms with E-state index >= 15 is 0 Å². The van der Waals surface area contributed by atoms with E-state index in [1.807, 2.05) is 19.1 Å². The maximum atomic E-state index is 11.4. The molecule has 3 amide bonds. The van der Waals surface area contributed by atoms with Crippen molar-refractivity contribution >= 4 is 29.2 Å². The van der Waals surface area contributed by atoms with Crippen LogP contribution >= 0.6 is 11.6 Å². The van der Waals surface area contributed by atoms with Crippen LogP contribution in [0.5, 0.6) is 0 Å². The molecule has 0 aromatic heterocycles. The van der Waals surface area contributed by atoms with Gasteiger partial charge in [0, 0.05) is 5.69 Å². The van der Waals surface area contributed by atoms with E-state index in [1.165, 1.54) is 6.92 Å². The molecule has 2 N–H and O–H groups in total. The topological polar surface area (TPSA) is 58.2 Å². The van der Waals surface area contributed by atoms with Crippen LogP contribution < -0.4 is 10.6 Å². The number of halogens is 1. The van der Waals surface area contributed by atoms with Gasteiger partial charge < -0.3 is 5.32 Å². The average molecular weight is 241 g/mol. The first-order valence-corrected chi connectivity index (χ1v) is 5.26. The minimum atomic E-state index is -0.734. The lowest BCUT2D eigenvalue weighted by Crippen LogP contribution is -2.38. The third kappa shape index (κ3) is 3.55. The Bertz CT molecular complexity index is 405. The van der Waals surface area contributed by atoms with Crippen LogP contribution in [0, 0.1) is 6.92 Å². The third-order valence-electron chi connectivity index (χ3n) is 1.99. The minimum Gasteiger partial charge on any atom is -0.307 e. The van der Waals surface area contributed by atoms with Crippen LogP contribution in [-0.2, 0) is 4.79 Å². The van der Waals surface area contributed by atoms with E-state index in [0.717, 1.165) is 5.56 Å². The van der Waals surface area contributed by atoms with Gasteiger partial charge in [0.2, 0.25) is 5.91 Å². The molecule has 1 aromatic rings. The smallest absolute Gasteiger partial charge is 0.307 e. The Balaban J connectivity index is 2.59. The highest BCUT2D eigenvalue weighted by atomic mass is 35.5. The van der Waals surface area contributed by atoms with Crippen molar-refractivity contribution in [2.24, 2.45) is 0 Å². The molecule has 0 aliphatic rings. The van der Waals surface area contributed by atoms with Gasteiger partial charge in [-0.15, -0.1) is 11.6 Å². The summed E-state index contributed by atoms with van der Waals surface area (Å²) >= 11 is 5.51. The number of urea groups is 1. The van der Waals surface area contributed by atoms with Gasteiger partial charge >= 0.3 is 6.03 Å². The monoisotopic (exact) mass is 240 g/mol. The van der Waals surface area contributed by atoms with Crippen LogP contribution in [0.4, 0.5) is 10.5 Å². The molecule has 0 bridgehead atoms. The third-order valence-corrected chi connectivity index (χ3v) is 2.19. The van der Waals surface area contributed by atoms with Gasteiger partial charge in [0.15, 0.2) is 0 Å². The predicted octanol–water partition coefficient (Wildman–Crippen LogP) is 2.27. The number of nitrogens with one attached hydrogen (secondary N) is 2. The number of benzene rings is 1. The summed E-state index contributed by atoms with van der Waals surface area (Å²) < 4.78 is 0. The number of anilines is 1. The lowest BCUT2D eigenvalue weighted by Gasteiger charge is -2.09. The molecule has 0 saturated carbocycles. The number of hydrogen-bond donors (Lipinski definition) is 2. The summed E-state index contributed by atoms with van der Waals surface area (Å²) in [5, 5.41) is 3.97. The Morgan fingerprint density at radius 1 is 1.31 bits per heavy atom. The highest BCUT2D eigenvalue weighted by Gasteiger charge is 2.13. The van der Waals surface area contributed by atoms with Crippen LogP contribution in [0.2, 0.25) is 0 Å². The number of aryl methyl sites for hydroxylation is 1. The number of amides is 3. The van der Waals surface area contributed by atoms with Crippen molar-refractivity contribution in [1.29, 1.82) is 0 Å². The zero-order valence-electron chi connectivity index (χ0n) is 9.08.